The first kappa shape index (κ1) is 19.6. The van der Waals surface area contributed by atoms with Crippen molar-refractivity contribution in [3.05, 3.63) is 63.9 Å². The van der Waals surface area contributed by atoms with Crippen LogP contribution in [0.4, 0.5) is 14.6 Å². The number of hydrogen-bond acceptors (Lipinski definition) is 5. The number of nitrogens with zero attached hydrogens (tertiary/aromatic N) is 3. The van der Waals surface area contributed by atoms with E-state index < -0.39 is 28.6 Å². The number of pyridine rings is 2. The van der Waals surface area contributed by atoms with Crippen LogP contribution < -0.4 is 16.1 Å². The Morgan fingerprint density at radius 2 is 2.00 bits per heavy atom. The highest BCUT2D eigenvalue weighted by Crippen LogP contribution is 2.51. The van der Waals surface area contributed by atoms with Gasteiger partial charge in [-0.2, -0.15) is 0 Å². The molecule has 0 bridgehead atoms. The van der Waals surface area contributed by atoms with Gasteiger partial charge in [-0.05, 0) is 42.7 Å². The van der Waals surface area contributed by atoms with Gasteiger partial charge in [0.15, 0.2) is 17.3 Å². The van der Waals surface area contributed by atoms with E-state index in [2.05, 4.69) is 11.9 Å². The summed E-state index contributed by atoms with van der Waals surface area (Å²) in [7, 11) is 0. The second-order valence-corrected chi connectivity index (χ2v) is 8.61. The molecule has 7 nitrogen and oxygen atoms in total. The first-order valence-corrected chi connectivity index (χ1v) is 9.94. The molecule has 160 valence electrons. The van der Waals surface area contributed by atoms with Gasteiger partial charge in [-0.3, -0.25) is 4.79 Å². The van der Waals surface area contributed by atoms with Crippen LogP contribution >= 0.6 is 0 Å². The maximum Gasteiger partial charge on any atom is 0.341 e. The fourth-order valence-electron chi connectivity index (χ4n) is 4.81. The van der Waals surface area contributed by atoms with Gasteiger partial charge in [0, 0.05) is 36.4 Å². The van der Waals surface area contributed by atoms with Crippen LogP contribution in [0.3, 0.4) is 0 Å². The summed E-state index contributed by atoms with van der Waals surface area (Å²) in [6.45, 7) is 3.23. The molecule has 2 aromatic heterocycles. The Hall–Kier alpha value is -3.33. The molecule has 1 aliphatic heterocycles. The topological polar surface area (TPSA) is 101 Å². The van der Waals surface area contributed by atoms with Crippen molar-refractivity contribution >= 4 is 22.8 Å². The van der Waals surface area contributed by atoms with Gasteiger partial charge in [0.1, 0.15) is 11.4 Å². The molecule has 3 N–H and O–H groups in total. The normalized spacial score (nSPS) is 24.8. The number of hydrogen-bond donors (Lipinski definition) is 2. The van der Waals surface area contributed by atoms with Crippen molar-refractivity contribution in [2.75, 3.05) is 18.0 Å². The summed E-state index contributed by atoms with van der Waals surface area (Å²) in [5.41, 5.74) is 5.21. The van der Waals surface area contributed by atoms with E-state index in [4.69, 9.17) is 5.73 Å². The molecule has 0 spiro atoms. The number of benzene rings is 1. The molecule has 2 aliphatic rings. The Kier molecular flexibility index (Phi) is 4.17. The number of carbonyl (C=O) groups is 1. The molecule has 0 radical (unpaired) electrons. The highest BCUT2D eigenvalue weighted by molar-refractivity contribution is 5.92. The summed E-state index contributed by atoms with van der Waals surface area (Å²) >= 11 is 0. The molecular weight excluding hydrogens is 406 g/mol. The second-order valence-electron chi connectivity index (χ2n) is 8.61. The number of aromatic nitrogens is 2. The largest absolute Gasteiger partial charge is 0.477 e. The van der Waals surface area contributed by atoms with Crippen LogP contribution in [0.5, 0.6) is 0 Å². The Bertz CT molecular complexity index is 1290. The number of nitrogens with two attached hydrogens (primary N) is 1. The minimum Gasteiger partial charge on any atom is -0.477 e. The van der Waals surface area contributed by atoms with Crippen molar-refractivity contribution in [3.8, 4) is 5.69 Å². The summed E-state index contributed by atoms with van der Waals surface area (Å²) < 4.78 is 29.9. The lowest BCUT2D eigenvalue weighted by Gasteiger charge is -2.47. The molecule has 3 heterocycles. The van der Waals surface area contributed by atoms with Crippen molar-refractivity contribution in [2.24, 2.45) is 17.1 Å². The highest BCUT2D eigenvalue weighted by atomic mass is 19.1. The maximum absolute atomic E-state index is 15.1. The SMILES string of the molecule is CC12CN(c3nc4c(cc3F)c(=O)c(C(=O)O)cn4-c3ccc(F)cc3)CC1CC2N. The standard InChI is InChI=1S/C22H20F2N4O3/c1-22-10-27(8-11(22)6-17(22)25)20-16(24)7-14-18(29)15(21(30)31)9-28(19(14)26-20)13-4-2-12(23)3-5-13/h2-5,7,9,11,17H,6,8,10,25H2,1H3,(H,30,31). The van der Waals surface area contributed by atoms with Crippen LogP contribution in [0.25, 0.3) is 16.7 Å². The van der Waals surface area contributed by atoms with Gasteiger partial charge in [-0.1, -0.05) is 6.92 Å². The fourth-order valence-corrected chi connectivity index (χ4v) is 4.81. The average Bonchev–Trinajstić information content (AvgIpc) is 3.00. The van der Waals surface area contributed by atoms with Gasteiger partial charge >= 0.3 is 5.97 Å². The predicted octanol–water partition coefficient (Wildman–Crippen LogP) is 2.54. The first-order chi connectivity index (χ1) is 14.7. The molecule has 3 unspecified atom stereocenters. The van der Waals surface area contributed by atoms with Gasteiger partial charge in [0.25, 0.3) is 0 Å². The molecule has 31 heavy (non-hydrogen) atoms. The number of carboxylic acid groups (broad SMARTS) is 1. The first-order valence-electron chi connectivity index (χ1n) is 9.94. The van der Waals surface area contributed by atoms with Crippen molar-refractivity contribution in [1.82, 2.24) is 9.55 Å². The van der Waals surface area contributed by atoms with E-state index in [0.717, 1.165) is 18.7 Å². The summed E-state index contributed by atoms with van der Waals surface area (Å²) in [6, 6.07) is 6.38. The molecule has 1 saturated carbocycles. The van der Waals surface area contributed by atoms with Crippen molar-refractivity contribution in [2.45, 2.75) is 19.4 Å². The van der Waals surface area contributed by atoms with Crippen molar-refractivity contribution < 1.29 is 18.7 Å². The van der Waals surface area contributed by atoms with E-state index >= 15 is 4.39 Å². The third kappa shape index (κ3) is 2.83. The van der Waals surface area contributed by atoms with Crippen molar-refractivity contribution in [1.29, 1.82) is 0 Å². The fraction of sp³-hybridized carbons (Fsp3) is 0.318. The van der Waals surface area contributed by atoms with E-state index in [0.29, 0.717) is 24.7 Å². The summed E-state index contributed by atoms with van der Waals surface area (Å²) in [5.74, 6) is -2.17. The molecule has 3 aromatic rings. The highest BCUT2D eigenvalue weighted by Gasteiger charge is 2.55. The molecule has 2 fully saturated rings. The quantitative estimate of drug-likeness (QED) is 0.668. The number of halogens is 2. The zero-order valence-corrected chi connectivity index (χ0v) is 16.7. The Morgan fingerprint density at radius 3 is 2.61 bits per heavy atom. The molecule has 9 heteroatoms. The molecule has 1 aromatic carbocycles. The van der Waals surface area contributed by atoms with Crippen LogP contribution in [-0.4, -0.2) is 39.8 Å². The summed E-state index contributed by atoms with van der Waals surface area (Å²) in [4.78, 5) is 30.6. The summed E-state index contributed by atoms with van der Waals surface area (Å²) in [5, 5.41) is 9.29. The van der Waals surface area contributed by atoms with Gasteiger partial charge < -0.3 is 20.3 Å². The Morgan fingerprint density at radius 1 is 1.29 bits per heavy atom. The predicted molar refractivity (Wildman–Crippen MR) is 111 cm³/mol. The van der Waals surface area contributed by atoms with Crippen LogP contribution in [0.15, 0.2) is 41.3 Å². The third-order valence-corrected chi connectivity index (χ3v) is 6.84. The van der Waals surface area contributed by atoms with E-state index in [1.165, 1.54) is 28.8 Å². The average molecular weight is 426 g/mol. The molecule has 5 rings (SSSR count). The van der Waals surface area contributed by atoms with Crippen molar-refractivity contribution in [3.63, 3.8) is 0 Å². The number of fused-ring (bicyclic) bond motifs is 2. The second kappa shape index (κ2) is 6.58. The molecular formula is C22H20F2N4O3. The number of rotatable bonds is 3. The van der Waals surface area contributed by atoms with Gasteiger partial charge in [-0.25, -0.2) is 18.6 Å². The van der Waals surface area contributed by atoms with E-state index in [1.54, 1.807) is 0 Å². The van der Waals surface area contributed by atoms with Gasteiger partial charge in [0.2, 0.25) is 5.43 Å². The minimum absolute atomic E-state index is 0.0431. The Balaban J connectivity index is 1.72. The van der Waals surface area contributed by atoms with Gasteiger partial charge in [-0.15, -0.1) is 0 Å². The minimum atomic E-state index is -1.44. The van der Waals surface area contributed by atoms with E-state index in [-0.39, 0.29) is 28.3 Å². The van der Waals surface area contributed by atoms with Crippen LogP contribution in [0.1, 0.15) is 23.7 Å². The molecule has 1 aliphatic carbocycles. The van der Waals surface area contributed by atoms with E-state index in [1.807, 2.05) is 4.90 Å². The smallest absolute Gasteiger partial charge is 0.341 e. The zero-order chi connectivity index (χ0) is 22.1. The lowest BCUT2D eigenvalue weighted by atomic mass is 9.60. The molecule has 0 amide bonds. The third-order valence-electron chi connectivity index (χ3n) is 6.84. The number of carboxylic acids is 1. The Labute approximate surface area is 175 Å². The van der Waals surface area contributed by atoms with Gasteiger partial charge in [0.05, 0.1) is 5.39 Å². The number of anilines is 1. The van der Waals surface area contributed by atoms with Crippen LogP contribution in [0, 0.1) is 23.0 Å². The lowest BCUT2D eigenvalue weighted by Crippen LogP contribution is -2.55. The molecule has 3 atom stereocenters. The van der Waals surface area contributed by atoms with Crippen LogP contribution in [0.2, 0.25) is 0 Å². The number of aromatic carboxylic acids is 1. The van der Waals surface area contributed by atoms with E-state index in [9.17, 15) is 19.1 Å². The lowest BCUT2D eigenvalue weighted by molar-refractivity contribution is 0.0695. The summed E-state index contributed by atoms with van der Waals surface area (Å²) in [6.07, 6.45) is 2.00. The maximum atomic E-state index is 15.1. The molecule has 1 saturated heterocycles. The zero-order valence-electron chi connectivity index (χ0n) is 16.7. The monoisotopic (exact) mass is 426 g/mol. The van der Waals surface area contributed by atoms with Crippen LogP contribution in [-0.2, 0) is 0 Å².